The molecule has 0 spiro atoms. The number of benzene rings is 7. The minimum atomic E-state index is 0.990. The van der Waals surface area contributed by atoms with Gasteiger partial charge in [-0.1, -0.05) is 146 Å². The van der Waals surface area contributed by atoms with E-state index in [0.29, 0.717) is 0 Å². The molecular weight excluding hydrogens is 530 g/mol. The average Bonchev–Trinajstić information content (AvgIpc) is 3.08. The minimum absolute atomic E-state index is 0.990. The Labute approximate surface area is 259 Å². The molecule has 0 saturated heterocycles. The maximum Gasteiger partial charge on any atom is 0.00201 e. The summed E-state index contributed by atoms with van der Waals surface area (Å²) in [6.07, 6.45) is 4.92. The van der Waals surface area contributed by atoms with Crippen LogP contribution in [0.3, 0.4) is 0 Å². The molecule has 0 aliphatic heterocycles. The van der Waals surface area contributed by atoms with Gasteiger partial charge in [-0.15, -0.1) is 0 Å². The fraction of sp³-hybridized carbons (Fsp3) is 0.0698. The van der Waals surface area contributed by atoms with Crippen molar-refractivity contribution in [2.24, 2.45) is 5.73 Å². The van der Waals surface area contributed by atoms with Crippen molar-refractivity contribution < 1.29 is 0 Å². The highest BCUT2D eigenvalue weighted by atomic mass is 14.5. The Balaban J connectivity index is 1.33. The van der Waals surface area contributed by atoms with Gasteiger partial charge in [-0.2, -0.15) is 0 Å². The zero-order valence-corrected chi connectivity index (χ0v) is 25.2. The van der Waals surface area contributed by atoms with Crippen molar-refractivity contribution in [3.05, 3.63) is 163 Å². The molecule has 0 saturated carbocycles. The molecule has 7 rings (SSSR count). The lowest BCUT2D eigenvalue weighted by molar-refractivity contribution is 1.20. The molecule has 2 N–H and O–H groups in total. The van der Waals surface area contributed by atoms with E-state index >= 15 is 0 Å². The maximum atomic E-state index is 6.00. The summed E-state index contributed by atoms with van der Waals surface area (Å²) in [6, 6.07) is 50.9. The van der Waals surface area contributed by atoms with Crippen molar-refractivity contribution in [3.8, 4) is 33.4 Å². The van der Waals surface area contributed by atoms with E-state index in [1.54, 1.807) is 6.20 Å². The third-order valence-electron chi connectivity index (χ3n) is 8.77. The fourth-order valence-corrected chi connectivity index (χ4v) is 6.64. The number of hydrogen-bond acceptors (Lipinski definition) is 1. The third kappa shape index (κ3) is 4.87. The average molecular weight is 566 g/mol. The van der Waals surface area contributed by atoms with E-state index in [2.05, 4.69) is 159 Å². The van der Waals surface area contributed by atoms with Crippen molar-refractivity contribution >= 4 is 37.9 Å². The van der Waals surface area contributed by atoms with Crippen LogP contribution < -0.4 is 5.73 Å². The van der Waals surface area contributed by atoms with Crippen LogP contribution in [-0.4, -0.2) is 0 Å². The molecule has 7 aromatic carbocycles. The summed E-state index contributed by atoms with van der Waals surface area (Å²) >= 11 is 0. The molecule has 0 amide bonds. The van der Waals surface area contributed by atoms with Gasteiger partial charge < -0.3 is 5.73 Å². The fourth-order valence-electron chi connectivity index (χ4n) is 6.64. The first-order chi connectivity index (χ1) is 21.7. The van der Waals surface area contributed by atoms with Gasteiger partial charge in [0.25, 0.3) is 0 Å². The Morgan fingerprint density at radius 3 is 1.52 bits per heavy atom. The molecule has 0 aliphatic carbocycles. The SMILES string of the molecule is CC/C=C(C)\C(=C/N)c1ccc(-c2ccc(-c3c4ccccc4c(-c4ccc5ccccc5c4)c4ccccc34)cc2)cc1. The van der Waals surface area contributed by atoms with Crippen LogP contribution in [-0.2, 0) is 0 Å². The molecule has 0 heterocycles. The molecule has 0 radical (unpaired) electrons. The topological polar surface area (TPSA) is 26.0 Å². The minimum Gasteiger partial charge on any atom is -0.404 e. The molecule has 0 aromatic heterocycles. The number of fused-ring (bicyclic) bond motifs is 3. The zero-order chi connectivity index (χ0) is 30.0. The van der Waals surface area contributed by atoms with Gasteiger partial charge >= 0.3 is 0 Å². The van der Waals surface area contributed by atoms with Gasteiger partial charge in [-0.3, -0.25) is 0 Å². The maximum absolute atomic E-state index is 6.00. The van der Waals surface area contributed by atoms with E-state index in [-0.39, 0.29) is 0 Å². The van der Waals surface area contributed by atoms with Crippen LogP contribution in [0.4, 0.5) is 0 Å². The number of allylic oxidation sites excluding steroid dienone is 3. The second-order valence-corrected chi connectivity index (χ2v) is 11.4. The summed E-state index contributed by atoms with van der Waals surface area (Å²) in [6.45, 7) is 4.27. The highest BCUT2D eigenvalue weighted by molar-refractivity contribution is 6.21. The largest absolute Gasteiger partial charge is 0.404 e. The Morgan fingerprint density at radius 1 is 0.523 bits per heavy atom. The first-order valence-corrected chi connectivity index (χ1v) is 15.4. The van der Waals surface area contributed by atoms with Crippen molar-refractivity contribution in [2.45, 2.75) is 20.3 Å². The van der Waals surface area contributed by atoms with E-state index in [9.17, 15) is 0 Å². The quantitative estimate of drug-likeness (QED) is 0.157. The second-order valence-electron chi connectivity index (χ2n) is 11.4. The van der Waals surface area contributed by atoms with Crippen LogP contribution in [0.15, 0.2) is 157 Å². The number of nitrogens with two attached hydrogens (primary N) is 1. The summed E-state index contributed by atoms with van der Waals surface area (Å²) in [5.74, 6) is 0. The summed E-state index contributed by atoms with van der Waals surface area (Å²) in [7, 11) is 0. The molecule has 0 fully saturated rings. The van der Waals surface area contributed by atoms with Gasteiger partial charge in [0.1, 0.15) is 0 Å². The molecular formula is C43H35N. The summed E-state index contributed by atoms with van der Waals surface area (Å²) in [5, 5.41) is 7.59. The summed E-state index contributed by atoms with van der Waals surface area (Å²) in [5.41, 5.74) is 16.8. The molecule has 0 bridgehead atoms. The van der Waals surface area contributed by atoms with E-state index in [0.717, 1.165) is 17.6 Å². The highest BCUT2D eigenvalue weighted by Crippen LogP contribution is 2.44. The Morgan fingerprint density at radius 2 is 0.977 bits per heavy atom. The van der Waals surface area contributed by atoms with Crippen LogP contribution in [0.25, 0.3) is 71.3 Å². The first-order valence-electron chi connectivity index (χ1n) is 15.4. The highest BCUT2D eigenvalue weighted by Gasteiger charge is 2.17. The van der Waals surface area contributed by atoms with Crippen molar-refractivity contribution in [1.82, 2.24) is 0 Å². The predicted molar refractivity (Wildman–Crippen MR) is 191 cm³/mol. The van der Waals surface area contributed by atoms with E-state index in [1.807, 2.05) is 0 Å². The van der Waals surface area contributed by atoms with Crippen molar-refractivity contribution in [2.75, 3.05) is 0 Å². The molecule has 0 atom stereocenters. The van der Waals surface area contributed by atoms with Gasteiger partial charge in [0, 0.05) is 6.20 Å². The standard InChI is InChI=1S/C43H35N/c1-3-10-29(2)41(28-44)33-22-17-31(18-23-33)32-19-24-34(25-20-32)42-37-13-6-8-15-39(37)43(40-16-9-7-14-38(40)42)36-26-21-30-11-4-5-12-35(30)27-36/h4-28H,3,44H2,1-2H3/b29-10-,41-28+. The van der Waals surface area contributed by atoms with Gasteiger partial charge in [-0.05, 0) is 102 Å². The normalized spacial score (nSPS) is 12.3. The third-order valence-corrected chi connectivity index (χ3v) is 8.77. The van der Waals surface area contributed by atoms with Gasteiger partial charge in [0.2, 0.25) is 0 Å². The number of rotatable bonds is 6. The molecule has 0 aliphatic rings. The lowest BCUT2D eigenvalue weighted by atomic mass is 9.85. The Hall–Kier alpha value is -5.40. The summed E-state index contributed by atoms with van der Waals surface area (Å²) < 4.78 is 0. The van der Waals surface area contributed by atoms with Crippen LogP contribution in [0.2, 0.25) is 0 Å². The van der Waals surface area contributed by atoms with Gasteiger partial charge in [0.05, 0.1) is 0 Å². The molecule has 0 unspecified atom stereocenters. The monoisotopic (exact) mass is 565 g/mol. The lowest BCUT2D eigenvalue weighted by Crippen LogP contribution is -1.92. The van der Waals surface area contributed by atoms with Crippen molar-refractivity contribution in [3.63, 3.8) is 0 Å². The first kappa shape index (κ1) is 27.4. The lowest BCUT2D eigenvalue weighted by Gasteiger charge is -2.18. The Bertz CT molecular complexity index is 2140. The molecule has 44 heavy (non-hydrogen) atoms. The molecule has 212 valence electrons. The van der Waals surface area contributed by atoms with Crippen LogP contribution in [0, 0.1) is 0 Å². The molecule has 1 heteroatoms. The predicted octanol–water partition coefficient (Wildman–Crippen LogP) is 11.8. The van der Waals surface area contributed by atoms with Crippen LogP contribution in [0.5, 0.6) is 0 Å². The number of hydrogen-bond donors (Lipinski definition) is 1. The molecule has 7 aromatic rings. The van der Waals surface area contributed by atoms with Crippen molar-refractivity contribution in [1.29, 1.82) is 0 Å². The zero-order valence-electron chi connectivity index (χ0n) is 25.2. The molecule has 1 nitrogen and oxygen atoms in total. The Kier molecular flexibility index (Phi) is 7.30. The smallest absolute Gasteiger partial charge is 0.00201 e. The van der Waals surface area contributed by atoms with Gasteiger partial charge in [-0.25, -0.2) is 0 Å². The summed E-state index contributed by atoms with van der Waals surface area (Å²) in [4.78, 5) is 0. The van der Waals surface area contributed by atoms with E-state index < -0.39 is 0 Å². The van der Waals surface area contributed by atoms with Crippen LogP contribution >= 0.6 is 0 Å². The van der Waals surface area contributed by atoms with E-state index in [1.165, 1.54) is 71.3 Å². The second kappa shape index (κ2) is 11.7. The van der Waals surface area contributed by atoms with Gasteiger partial charge in [0.15, 0.2) is 0 Å². The van der Waals surface area contributed by atoms with Crippen LogP contribution in [0.1, 0.15) is 25.8 Å². The van der Waals surface area contributed by atoms with E-state index in [4.69, 9.17) is 5.73 Å².